The molecular formula is C8H18S. The van der Waals surface area contributed by atoms with Gasteiger partial charge in [-0.3, -0.25) is 0 Å². The van der Waals surface area contributed by atoms with Crippen LogP contribution in [0.5, 0.6) is 0 Å². The highest BCUT2D eigenvalue weighted by molar-refractivity contribution is 8.27. The van der Waals surface area contributed by atoms with Crippen LogP contribution in [0.1, 0.15) is 26.2 Å². The zero-order valence-corrected chi connectivity index (χ0v) is 7.47. The molecule has 0 rings (SSSR count). The molecule has 0 atom stereocenters. The third-order valence-corrected chi connectivity index (χ3v) is 2.51. The predicted octanol–water partition coefficient (Wildman–Crippen LogP) is 2.48. The topological polar surface area (TPSA) is 0 Å². The Morgan fingerprint density at radius 2 is 1.78 bits per heavy atom. The van der Waals surface area contributed by atoms with E-state index in [1.807, 2.05) is 0 Å². The standard InChI is InChI=1S/C8H18S/c1-5-6-7-8-9(2,3)4/h2-3,5-8H2,1,4H3. The molecule has 0 heterocycles. The first-order valence-corrected chi connectivity index (χ1v) is 6.03. The zero-order valence-electron chi connectivity index (χ0n) is 6.65. The third kappa shape index (κ3) is 8.09. The summed E-state index contributed by atoms with van der Waals surface area (Å²) in [6, 6.07) is 0. The minimum Gasteiger partial charge on any atom is -0.217 e. The van der Waals surface area contributed by atoms with Crippen LogP contribution in [0.3, 0.4) is 0 Å². The van der Waals surface area contributed by atoms with Crippen LogP contribution in [0, 0.1) is 0 Å². The maximum atomic E-state index is 4.01. The van der Waals surface area contributed by atoms with E-state index in [2.05, 4.69) is 24.9 Å². The molecule has 0 aromatic carbocycles. The van der Waals surface area contributed by atoms with Crippen LogP contribution in [-0.2, 0) is 0 Å². The molecular weight excluding hydrogens is 128 g/mol. The SMILES string of the molecule is C=S(=C)(C)CCCCC. The molecule has 9 heavy (non-hydrogen) atoms. The second-order valence-electron chi connectivity index (χ2n) is 2.89. The molecule has 0 saturated carbocycles. The van der Waals surface area contributed by atoms with Gasteiger partial charge < -0.3 is 0 Å². The van der Waals surface area contributed by atoms with Crippen molar-refractivity contribution < 1.29 is 0 Å². The van der Waals surface area contributed by atoms with Gasteiger partial charge >= 0.3 is 0 Å². The maximum absolute atomic E-state index is 4.01. The van der Waals surface area contributed by atoms with Gasteiger partial charge in [-0.05, 0) is 18.4 Å². The van der Waals surface area contributed by atoms with E-state index in [9.17, 15) is 0 Å². The van der Waals surface area contributed by atoms with Crippen molar-refractivity contribution in [2.45, 2.75) is 26.2 Å². The van der Waals surface area contributed by atoms with E-state index in [0.29, 0.717) is 0 Å². The fourth-order valence-corrected chi connectivity index (χ4v) is 1.60. The number of hydrogen-bond acceptors (Lipinski definition) is 0. The monoisotopic (exact) mass is 146 g/mol. The molecule has 0 spiro atoms. The third-order valence-electron chi connectivity index (χ3n) is 1.24. The highest BCUT2D eigenvalue weighted by atomic mass is 32.2. The van der Waals surface area contributed by atoms with Crippen LogP contribution >= 0.6 is 9.21 Å². The van der Waals surface area contributed by atoms with Gasteiger partial charge in [-0.15, -0.1) is 0 Å². The maximum Gasteiger partial charge on any atom is -0.0172 e. The smallest absolute Gasteiger partial charge is 0.0172 e. The molecule has 0 unspecified atom stereocenters. The highest BCUT2D eigenvalue weighted by Gasteiger charge is 1.87. The minimum absolute atomic E-state index is 0.696. The number of hydrogen-bond donors (Lipinski definition) is 0. The molecule has 0 aliphatic heterocycles. The number of unbranched alkanes of at least 4 members (excludes halogenated alkanes) is 2. The molecule has 0 aliphatic carbocycles. The van der Waals surface area contributed by atoms with E-state index in [4.69, 9.17) is 0 Å². The Balaban J connectivity index is 3.30. The summed E-state index contributed by atoms with van der Waals surface area (Å²) < 4.78 is 0. The van der Waals surface area contributed by atoms with E-state index >= 15 is 0 Å². The van der Waals surface area contributed by atoms with Gasteiger partial charge in [0.25, 0.3) is 0 Å². The van der Waals surface area contributed by atoms with Crippen molar-refractivity contribution >= 4 is 20.9 Å². The normalized spacial score (nSPS) is 11.8. The van der Waals surface area contributed by atoms with Crippen LogP contribution in [-0.4, -0.2) is 23.7 Å². The van der Waals surface area contributed by atoms with E-state index in [1.54, 1.807) is 0 Å². The van der Waals surface area contributed by atoms with Gasteiger partial charge in [0.2, 0.25) is 0 Å². The lowest BCUT2D eigenvalue weighted by Crippen LogP contribution is -1.84. The van der Waals surface area contributed by atoms with Crippen LogP contribution in [0.4, 0.5) is 0 Å². The fourth-order valence-electron chi connectivity index (χ4n) is 0.701. The summed E-state index contributed by atoms with van der Waals surface area (Å²) in [5.74, 6) is 9.27. The molecule has 0 aromatic rings. The van der Waals surface area contributed by atoms with E-state index in [0.717, 1.165) is 0 Å². The quantitative estimate of drug-likeness (QED) is 0.422. The minimum atomic E-state index is -0.696. The average Bonchev–Trinajstić information content (AvgIpc) is 1.63. The van der Waals surface area contributed by atoms with Gasteiger partial charge in [0, 0.05) is 0 Å². The van der Waals surface area contributed by atoms with Gasteiger partial charge in [-0.25, -0.2) is 9.21 Å². The summed E-state index contributed by atoms with van der Waals surface area (Å²) in [5, 5.41) is 0. The largest absolute Gasteiger partial charge is 0.217 e. The van der Waals surface area contributed by atoms with Crippen LogP contribution in [0.25, 0.3) is 0 Å². The molecule has 0 bridgehead atoms. The van der Waals surface area contributed by atoms with Crippen LogP contribution in [0.2, 0.25) is 0 Å². The lowest BCUT2D eigenvalue weighted by molar-refractivity contribution is 0.778. The van der Waals surface area contributed by atoms with Crippen molar-refractivity contribution in [1.29, 1.82) is 0 Å². The average molecular weight is 146 g/mol. The van der Waals surface area contributed by atoms with Gasteiger partial charge in [0.15, 0.2) is 0 Å². The Morgan fingerprint density at radius 3 is 2.11 bits per heavy atom. The summed E-state index contributed by atoms with van der Waals surface area (Å²) in [4.78, 5) is 0. The lowest BCUT2D eigenvalue weighted by Gasteiger charge is -2.04. The van der Waals surface area contributed by atoms with Crippen molar-refractivity contribution in [3.8, 4) is 0 Å². The van der Waals surface area contributed by atoms with E-state index in [-0.39, 0.29) is 0 Å². The molecule has 1 heteroatoms. The summed E-state index contributed by atoms with van der Waals surface area (Å²) in [6.45, 7) is 2.22. The summed E-state index contributed by atoms with van der Waals surface area (Å²) in [5.41, 5.74) is 0. The zero-order chi connectivity index (χ0) is 7.33. The van der Waals surface area contributed by atoms with Crippen molar-refractivity contribution in [1.82, 2.24) is 0 Å². The molecule has 0 radical (unpaired) electrons. The molecule has 0 N–H and O–H groups in total. The van der Waals surface area contributed by atoms with Gasteiger partial charge in [0.05, 0.1) is 0 Å². The first-order valence-electron chi connectivity index (χ1n) is 3.48. The first-order chi connectivity index (χ1) is 4.06. The second-order valence-corrected chi connectivity index (χ2v) is 6.25. The Bertz CT molecular complexity index is 140. The van der Waals surface area contributed by atoms with Crippen molar-refractivity contribution in [3.05, 3.63) is 0 Å². The molecule has 0 aromatic heterocycles. The molecule has 56 valence electrons. The summed E-state index contributed by atoms with van der Waals surface area (Å²) in [6.07, 6.45) is 6.13. The molecule has 0 amide bonds. The fraction of sp³-hybridized carbons (Fsp3) is 0.750. The highest BCUT2D eigenvalue weighted by Crippen LogP contribution is 2.14. The summed E-state index contributed by atoms with van der Waals surface area (Å²) >= 11 is 0. The number of rotatable bonds is 4. The second kappa shape index (κ2) is 3.99. The van der Waals surface area contributed by atoms with Crippen LogP contribution < -0.4 is 0 Å². The Labute approximate surface area is 59.8 Å². The Morgan fingerprint density at radius 1 is 1.22 bits per heavy atom. The van der Waals surface area contributed by atoms with E-state index in [1.165, 1.54) is 25.0 Å². The molecule has 0 saturated heterocycles. The van der Waals surface area contributed by atoms with Crippen molar-refractivity contribution in [3.63, 3.8) is 0 Å². The summed E-state index contributed by atoms with van der Waals surface area (Å²) in [7, 11) is -0.696. The van der Waals surface area contributed by atoms with Gasteiger partial charge in [0.1, 0.15) is 0 Å². The van der Waals surface area contributed by atoms with Crippen molar-refractivity contribution in [2.24, 2.45) is 0 Å². The lowest BCUT2D eigenvalue weighted by atomic mass is 10.3. The van der Waals surface area contributed by atoms with Gasteiger partial charge in [-0.1, -0.05) is 31.5 Å². The van der Waals surface area contributed by atoms with E-state index < -0.39 is 9.21 Å². The van der Waals surface area contributed by atoms with Crippen LogP contribution in [0.15, 0.2) is 0 Å². The first kappa shape index (κ1) is 9.09. The molecule has 0 aliphatic rings. The predicted molar refractivity (Wildman–Crippen MR) is 52.1 cm³/mol. The Hall–Kier alpha value is 0.0900. The van der Waals surface area contributed by atoms with Gasteiger partial charge in [-0.2, -0.15) is 0 Å². The molecule has 0 fully saturated rings. The molecule has 0 nitrogen and oxygen atoms in total. The Kier molecular flexibility index (Phi) is 4.03. The van der Waals surface area contributed by atoms with Crippen molar-refractivity contribution in [2.75, 3.05) is 12.0 Å².